The minimum atomic E-state index is -0.506. The Morgan fingerprint density at radius 1 is 1.07 bits per heavy atom. The first-order valence-corrected chi connectivity index (χ1v) is 9.77. The number of pyridine rings is 1. The van der Waals surface area contributed by atoms with Crippen molar-refractivity contribution in [2.75, 3.05) is 6.61 Å². The lowest BCUT2D eigenvalue weighted by Crippen LogP contribution is -2.30. The monoisotopic (exact) mass is 432 g/mol. The molecule has 1 atom stereocenters. The van der Waals surface area contributed by atoms with Crippen LogP contribution < -0.4 is 10.1 Å². The van der Waals surface area contributed by atoms with Gasteiger partial charge < -0.3 is 10.1 Å². The van der Waals surface area contributed by atoms with Crippen LogP contribution >= 0.6 is 34.8 Å². The van der Waals surface area contributed by atoms with Gasteiger partial charge in [-0.25, -0.2) is 0 Å². The Bertz CT molecular complexity index is 1060. The molecule has 142 valence electrons. The number of nitrogens with one attached hydrogen (secondary N) is 1. The van der Waals surface area contributed by atoms with Crippen LogP contribution in [0.4, 0.5) is 0 Å². The average molecular weight is 434 g/mol. The van der Waals surface area contributed by atoms with Crippen molar-refractivity contribution < 1.29 is 9.53 Å². The largest absolute Gasteiger partial charge is 0.493 e. The van der Waals surface area contributed by atoms with Gasteiger partial charge in [0.1, 0.15) is 5.75 Å². The number of halogens is 3. The van der Waals surface area contributed by atoms with E-state index in [1.165, 1.54) is 12.4 Å². The molecule has 1 unspecified atom stereocenters. The van der Waals surface area contributed by atoms with Crippen molar-refractivity contribution in [2.24, 2.45) is 0 Å². The maximum atomic E-state index is 12.9. The number of hydrogen-bond acceptors (Lipinski definition) is 3. The third kappa shape index (κ3) is 3.81. The number of carbonyl (C=O) groups is 1. The van der Waals surface area contributed by atoms with E-state index in [1.54, 1.807) is 24.3 Å². The molecule has 2 heterocycles. The average Bonchev–Trinajstić information content (AvgIpc) is 3.16. The zero-order valence-corrected chi connectivity index (χ0v) is 16.9. The van der Waals surface area contributed by atoms with Gasteiger partial charge in [0, 0.05) is 28.9 Å². The van der Waals surface area contributed by atoms with Crippen LogP contribution in [-0.4, -0.2) is 17.5 Å². The maximum Gasteiger partial charge on any atom is 0.253 e. The molecule has 1 aliphatic heterocycles. The van der Waals surface area contributed by atoms with Crippen LogP contribution in [0, 0.1) is 0 Å². The summed E-state index contributed by atoms with van der Waals surface area (Å²) < 4.78 is 5.59. The summed E-state index contributed by atoms with van der Waals surface area (Å²) in [6.07, 6.45) is 3.78. The minimum Gasteiger partial charge on any atom is -0.493 e. The van der Waals surface area contributed by atoms with Crippen molar-refractivity contribution in [2.45, 2.75) is 12.5 Å². The van der Waals surface area contributed by atoms with E-state index < -0.39 is 6.04 Å². The molecule has 7 heteroatoms. The number of aromatic nitrogens is 1. The zero-order chi connectivity index (χ0) is 19.7. The van der Waals surface area contributed by atoms with Gasteiger partial charge in [-0.15, -0.1) is 0 Å². The molecule has 0 radical (unpaired) electrons. The normalized spacial score (nSPS) is 13.5. The summed E-state index contributed by atoms with van der Waals surface area (Å²) in [6.45, 7) is 0.653. The summed E-state index contributed by atoms with van der Waals surface area (Å²) >= 11 is 18.8. The van der Waals surface area contributed by atoms with Gasteiger partial charge in [-0.1, -0.05) is 40.9 Å². The molecular formula is C21H15Cl3N2O2. The maximum absolute atomic E-state index is 12.9. The highest BCUT2D eigenvalue weighted by molar-refractivity contribution is 6.34. The fourth-order valence-electron chi connectivity index (χ4n) is 3.23. The van der Waals surface area contributed by atoms with Gasteiger partial charge >= 0.3 is 0 Å². The topological polar surface area (TPSA) is 51.2 Å². The molecule has 4 rings (SSSR count). The number of nitrogens with zero attached hydrogens (tertiary/aromatic N) is 1. The number of benzene rings is 2. The van der Waals surface area contributed by atoms with E-state index in [0.29, 0.717) is 27.8 Å². The van der Waals surface area contributed by atoms with Gasteiger partial charge in [-0.3, -0.25) is 9.78 Å². The first-order chi connectivity index (χ1) is 13.5. The van der Waals surface area contributed by atoms with Crippen LogP contribution in [-0.2, 0) is 6.42 Å². The van der Waals surface area contributed by atoms with Gasteiger partial charge in [0.05, 0.1) is 23.2 Å². The third-order valence-corrected chi connectivity index (χ3v) is 5.49. The second-order valence-electron chi connectivity index (χ2n) is 6.39. The highest BCUT2D eigenvalue weighted by Gasteiger charge is 2.24. The van der Waals surface area contributed by atoms with Gasteiger partial charge in [0.15, 0.2) is 0 Å². The lowest BCUT2D eigenvalue weighted by atomic mass is 9.96. The van der Waals surface area contributed by atoms with Gasteiger partial charge in [0.25, 0.3) is 5.91 Å². The fraction of sp³-hybridized carbons (Fsp3) is 0.143. The van der Waals surface area contributed by atoms with Gasteiger partial charge in [0.2, 0.25) is 0 Å². The molecule has 28 heavy (non-hydrogen) atoms. The lowest BCUT2D eigenvalue weighted by Gasteiger charge is -2.22. The van der Waals surface area contributed by atoms with Gasteiger partial charge in [-0.2, -0.15) is 0 Å². The summed E-state index contributed by atoms with van der Waals surface area (Å²) in [5.74, 6) is 0.536. The summed E-state index contributed by atoms with van der Waals surface area (Å²) in [7, 11) is 0. The molecule has 3 aromatic rings. The van der Waals surface area contributed by atoms with E-state index in [1.807, 2.05) is 18.2 Å². The van der Waals surface area contributed by atoms with Crippen LogP contribution in [0.5, 0.6) is 5.75 Å². The number of carbonyl (C=O) groups excluding carboxylic acids is 1. The quantitative estimate of drug-likeness (QED) is 0.591. The molecule has 0 fully saturated rings. The van der Waals surface area contributed by atoms with Crippen LogP contribution in [0.15, 0.2) is 54.9 Å². The molecule has 0 spiro atoms. The summed E-state index contributed by atoms with van der Waals surface area (Å²) in [5, 5.41) is 4.35. The Kier molecular flexibility index (Phi) is 5.44. The molecule has 1 aliphatic rings. The second kappa shape index (κ2) is 8.00. The van der Waals surface area contributed by atoms with Crippen LogP contribution in [0.3, 0.4) is 0 Å². The summed E-state index contributed by atoms with van der Waals surface area (Å²) in [6, 6.07) is 12.1. The van der Waals surface area contributed by atoms with Gasteiger partial charge in [-0.05, 0) is 53.1 Å². The molecule has 1 N–H and O–H groups in total. The first-order valence-electron chi connectivity index (χ1n) is 8.64. The molecule has 1 aromatic heterocycles. The van der Waals surface area contributed by atoms with E-state index in [2.05, 4.69) is 10.3 Å². The van der Waals surface area contributed by atoms with E-state index in [0.717, 1.165) is 23.3 Å². The molecule has 1 amide bonds. The predicted octanol–water partition coefficient (Wildman–Crippen LogP) is 5.50. The highest BCUT2D eigenvalue weighted by atomic mass is 35.5. The Morgan fingerprint density at radius 2 is 1.93 bits per heavy atom. The molecule has 0 aliphatic carbocycles. The molecular weight excluding hydrogens is 419 g/mol. The standard InChI is InChI=1S/C21H15Cl3N2O2/c22-14-2-3-17(23)16(10-14)20(13-1-4-19-12(9-13)6-8-28-19)26-21(27)15-5-7-25-11-18(15)24/h1-5,7,9-11,20H,6,8H2,(H,26,27). The summed E-state index contributed by atoms with van der Waals surface area (Å²) in [5.41, 5.74) is 3.01. The Morgan fingerprint density at radius 3 is 2.75 bits per heavy atom. The third-order valence-electron chi connectivity index (χ3n) is 4.61. The Balaban J connectivity index is 1.77. The van der Waals surface area contributed by atoms with Crippen molar-refractivity contribution in [3.05, 3.63) is 92.2 Å². The Labute approximate surface area is 177 Å². The van der Waals surface area contributed by atoms with Crippen molar-refractivity contribution in [3.8, 4) is 5.75 Å². The number of rotatable bonds is 4. The summed E-state index contributed by atoms with van der Waals surface area (Å²) in [4.78, 5) is 16.9. The lowest BCUT2D eigenvalue weighted by molar-refractivity contribution is 0.0943. The highest BCUT2D eigenvalue weighted by Crippen LogP contribution is 2.34. The smallest absolute Gasteiger partial charge is 0.253 e. The number of ether oxygens (including phenoxy) is 1. The SMILES string of the molecule is O=C(NC(c1ccc2c(c1)CCO2)c1cc(Cl)ccc1Cl)c1ccncc1Cl. The predicted molar refractivity (Wildman–Crippen MR) is 111 cm³/mol. The second-order valence-corrected chi connectivity index (χ2v) is 7.64. The van der Waals surface area contributed by atoms with Crippen molar-refractivity contribution in [3.63, 3.8) is 0 Å². The molecule has 4 nitrogen and oxygen atoms in total. The molecule has 2 aromatic carbocycles. The van der Waals surface area contributed by atoms with Crippen molar-refractivity contribution in [1.82, 2.24) is 10.3 Å². The Hall–Kier alpha value is -2.27. The number of hydrogen-bond donors (Lipinski definition) is 1. The van der Waals surface area contributed by atoms with Crippen LogP contribution in [0.2, 0.25) is 15.1 Å². The first kappa shape index (κ1) is 19.1. The van der Waals surface area contributed by atoms with Crippen molar-refractivity contribution in [1.29, 1.82) is 0 Å². The van der Waals surface area contributed by atoms with Crippen LogP contribution in [0.1, 0.15) is 33.1 Å². The molecule has 0 saturated heterocycles. The fourth-order valence-corrected chi connectivity index (χ4v) is 3.84. The van der Waals surface area contributed by atoms with E-state index >= 15 is 0 Å². The van der Waals surface area contributed by atoms with Crippen molar-refractivity contribution >= 4 is 40.7 Å². The van der Waals surface area contributed by atoms with E-state index in [9.17, 15) is 4.79 Å². The van der Waals surface area contributed by atoms with E-state index in [4.69, 9.17) is 39.5 Å². The molecule has 0 saturated carbocycles. The minimum absolute atomic E-state index is 0.276. The number of fused-ring (bicyclic) bond motifs is 1. The van der Waals surface area contributed by atoms with E-state index in [-0.39, 0.29) is 10.9 Å². The molecule has 0 bridgehead atoms. The zero-order valence-electron chi connectivity index (χ0n) is 14.6. The number of amides is 1. The van der Waals surface area contributed by atoms with Crippen LogP contribution in [0.25, 0.3) is 0 Å².